The highest BCUT2D eigenvalue weighted by molar-refractivity contribution is 5.85. The fraction of sp³-hybridized carbons (Fsp3) is 0.500. The third-order valence-electron chi connectivity index (χ3n) is 1.17. The van der Waals surface area contributed by atoms with E-state index in [4.69, 9.17) is 5.73 Å². The number of alkyl halides is 2. The van der Waals surface area contributed by atoms with E-state index in [2.05, 4.69) is 9.84 Å². The molecular formula is C6H10ClF2N3O. The molecule has 0 unspecified atom stereocenters. The smallest absolute Gasteiger partial charge is 0.272 e. The fourth-order valence-electron chi connectivity index (χ4n) is 0.741. The minimum Gasteiger partial charge on any atom is -0.469 e. The summed E-state index contributed by atoms with van der Waals surface area (Å²) in [7, 11) is 1.63. The van der Waals surface area contributed by atoms with Crippen LogP contribution in [0.1, 0.15) is 0 Å². The second kappa shape index (κ2) is 4.86. The van der Waals surface area contributed by atoms with E-state index in [1.54, 1.807) is 7.05 Å². The SMILES string of the molecule is Cl.Cn1cc(N)c(OCC(F)F)n1. The van der Waals surface area contributed by atoms with Crippen LogP contribution < -0.4 is 10.5 Å². The maximum Gasteiger partial charge on any atom is 0.272 e. The summed E-state index contributed by atoms with van der Waals surface area (Å²) < 4.78 is 29.3. The Balaban J connectivity index is 0.00000144. The number of aryl methyl sites for hydroxylation is 1. The van der Waals surface area contributed by atoms with Crippen molar-refractivity contribution in [3.8, 4) is 5.88 Å². The Morgan fingerprint density at radius 2 is 2.31 bits per heavy atom. The third-order valence-corrected chi connectivity index (χ3v) is 1.17. The van der Waals surface area contributed by atoms with Gasteiger partial charge in [-0.1, -0.05) is 0 Å². The lowest BCUT2D eigenvalue weighted by Gasteiger charge is -2.00. The zero-order valence-corrected chi connectivity index (χ0v) is 7.72. The van der Waals surface area contributed by atoms with Gasteiger partial charge in [-0.3, -0.25) is 4.68 Å². The predicted octanol–water partition coefficient (Wildman–Crippen LogP) is 1.07. The van der Waals surface area contributed by atoms with Gasteiger partial charge in [-0.2, -0.15) is 0 Å². The average molecular weight is 214 g/mol. The molecule has 1 aromatic rings. The molecule has 1 heterocycles. The van der Waals surface area contributed by atoms with E-state index in [1.807, 2.05) is 0 Å². The molecule has 7 heteroatoms. The molecule has 13 heavy (non-hydrogen) atoms. The maximum atomic E-state index is 11.7. The largest absolute Gasteiger partial charge is 0.469 e. The highest BCUT2D eigenvalue weighted by atomic mass is 35.5. The monoisotopic (exact) mass is 213 g/mol. The van der Waals surface area contributed by atoms with Gasteiger partial charge in [0, 0.05) is 7.05 Å². The van der Waals surface area contributed by atoms with Crippen LogP contribution in [0, 0.1) is 0 Å². The summed E-state index contributed by atoms with van der Waals surface area (Å²) in [5, 5.41) is 3.72. The quantitative estimate of drug-likeness (QED) is 0.817. The molecule has 0 aliphatic carbocycles. The average Bonchev–Trinajstić information content (AvgIpc) is 2.26. The van der Waals surface area contributed by atoms with Crippen molar-refractivity contribution < 1.29 is 13.5 Å². The summed E-state index contributed by atoms with van der Waals surface area (Å²) in [6.45, 7) is -0.679. The molecular weight excluding hydrogens is 204 g/mol. The van der Waals surface area contributed by atoms with Gasteiger partial charge < -0.3 is 10.5 Å². The van der Waals surface area contributed by atoms with E-state index in [0.29, 0.717) is 0 Å². The topological polar surface area (TPSA) is 53.1 Å². The maximum absolute atomic E-state index is 11.7. The standard InChI is InChI=1S/C6H9F2N3O.ClH/c1-11-2-4(9)6(10-11)12-3-5(7)8;/h2,5H,3,9H2,1H3;1H. The molecule has 0 atom stereocenters. The Hall–Kier alpha value is -1.04. The molecule has 4 nitrogen and oxygen atoms in total. The zero-order valence-electron chi connectivity index (χ0n) is 6.91. The number of nitrogens with two attached hydrogens (primary N) is 1. The fourth-order valence-corrected chi connectivity index (χ4v) is 0.741. The summed E-state index contributed by atoms with van der Waals surface area (Å²) in [6, 6.07) is 0. The molecule has 0 spiro atoms. The van der Waals surface area contributed by atoms with E-state index >= 15 is 0 Å². The van der Waals surface area contributed by atoms with Gasteiger partial charge in [0.25, 0.3) is 12.3 Å². The summed E-state index contributed by atoms with van der Waals surface area (Å²) in [5.41, 5.74) is 5.64. The Morgan fingerprint density at radius 1 is 1.69 bits per heavy atom. The highest BCUT2D eigenvalue weighted by Gasteiger charge is 2.08. The van der Waals surface area contributed by atoms with Crippen LogP contribution in [0.15, 0.2) is 6.20 Å². The second-order valence-electron chi connectivity index (χ2n) is 2.27. The van der Waals surface area contributed by atoms with Crippen LogP contribution in [0.25, 0.3) is 0 Å². The van der Waals surface area contributed by atoms with Crippen molar-refractivity contribution >= 4 is 18.1 Å². The van der Waals surface area contributed by atoms with Crippen molar-refractivity contribution in [2.75, 3.05) is 12.3 Å². The van der Waals surface area contributed by atoms with Gasteiger partial charge in [0.1, 0.15) is 5.69 Å². The molecule has 1 rings (SSSR count). The van der Waals surface area contributed by atoms with Crippen molar-refractivity contribution in [2.24, 2.45) is 7.05 Å². The first-order valence-corrected chi connectivity index (χ1v) is 3.29. The van der Waals surface area contributed by atoms with Crippen LogP contribution >= 0.6 is 12.4 Å². The Morgan fingerprint density at radius 3 is 2.69 bits per heavy atom. The number of halogens is 3. The van der Waals surface area contributed by atoms with Crippen LogP contribution in [-0.4, -0.2) is 22.8 Å². The van der Waals surface area contributed by atoms with Gasteiger partial charge in [-0.15, -0.1) is 17.5 Å². The Kier molecular flexibility index (Phi) is 4.47. The molecule has 0 aliphatic heterocycles. The predicted molar refractivity (Wildman–Crippen MR) is 46.4 cm³/mol. The van der Waals surface area contributed by atoms with E-state index in [0.717, 1.165) is 0 Å². The summed E-state index contributed by atoms with van der Waals surface area (Å²) in [4.78, 5) is 0. The van der Waals surface area contributed by atoms with Crippen molar-refractivity contribution in [1.29, 1.82) is 0 Å². The van der Waals surface area contributed by atoms with Crippen molar-refractivity contribution in [1.82, 2.24) is 9.78 Å². The van der Waals surface area contributed by atoms with Gasteiger partial charge in [0.15, 0.2) is 6.61 Å². The first-order chi connectivity index (χ1) is 5.59. The number of rotatable bonds is 3. The molecule has 0 aromatic carbocycles. The van der Waals surface area contributed by atoms with Gasteiger partial charge in [0.05, 0.1) is 6.20 Å². The molecule has 0 fully saturated rings. The number of nitrogens with zero attached hydrogens (tertiary/aromatic N) is 2. The van der Waals surface area contributed by atoms with Crippen molar-refractivity contribution in [2.45, 2.75) is 6.43 Å². The highest BCUT2D eigenvalue weighted by Crippen LogP contribution is 2.17. The molecule has 2 N–H and O–H groups in total. The molecule has 0 radical (unpaired) electrons. The minimum atomic E-state index is -2.51. The molecule has 76 valence electrons. The van der Waals surface area contributed by atoms with E-state index in [-0.39, 0.29) is 24.0 Å². The van der Waals surface area contributed by atoms with Gasteiger partial charge in [-0.25, -0.2) is 8.78 Å². The van der Waals surface area contributed by atoms with Crippen LogP contribution in [0.5, 0.6) is 5.88 Å². The summed E-state index contributed by atoms with van der Waals surface area (Å²) in [5.74, 6) is 0.0535. The van der Waals surface area contributed by atoms with Crippen molar-refractivity contribution in [3.63, 3.8) is 0 Å². The van der Waals surface area contributed by atoms with E-state index < -0.39 is 13.0 Å². The summed E-state index contributed by atoms with van der Waals surface area (Å²) >= 11 is 0. The molecule has 0 bridgehead atoms. The molecule has 0 amide bonds. The van der Waals surface area contributed by atoms with E-state index in [9.17, 15) is 8.78 Å². The molecule has 0 aliphatic rings. The van der Waals surface area contributed by atoms with Crippen LogP contribution in [0.2, 0.25) is 0 Å². The lowest BCUT2D eigenvalue weighted by Crippen LogP contribution is -2.08. The van der Waals surface area contributed by atoms with Gasteiger partial charge in [-0.05, 0) is 0 Å². The first kappa shape index (κ1) is 12.0. The minimum absolute atomic E-state index is 0. The number of hydrogen-bond donors (Lipinski definition) is 1. The first-order valence-electron chi connectivity index (χ1n) is 3.29. The second-order valence-corrected chi connectivity index (χ2v) is 2.27. The third kappa shape index (κ3) is 3.45. The number of ether oxygens (including phenoxy) is 1. The number of hydrogen-bond acceptors (Lipinski definition) is 3. The number of aromatic nitrogens is 2. The molecule has 0 saturated heterocycles. The number of anilines is 1. The molecule has 0 saturated carbocycles. The van der Waals surface area contributed by atoms with Crippen LogP contribution in [0.4, 0.5) is 14.5 Å². The van der Waals surface area contributed by atoms with Crippen molar-refractivity contribution in [3.05, 3.63) is 6.20 Å². The van der Waals surface area contributed by atoms with Crippen LogP contribution in [0.3, 0.4) is 0 Å². The summed E-state index contributed by atoms with van der Waals surface area (Å²) in [6.07, 6.45) is -1.02. The van der Waals surface area contributed by atoms with Gasteiger partial charge >= 0.3 is 0 Å². The van der Waals surface area contributed by atoms with Gasteiger partial charge in [0.2, 0.25) is 0 Å². The van der Waals surface area contributed by atoms with Crippen LogP contribution in [-0.2, 0) is 7.05 Å². The van der Waals surface area contributed by atoms with E-state index in [1.165, 1.54) is 10.9 Å². The lowest BCUT2D eigenvalue weighted by atomic mass is 10.6. The Bertz CT molecular complexity index is 266. The Labute approximate surface area is 80.1 Å². The lowest BCUT2D eigenvalue weighted by molar-refractivity contribution is 0.0796. The normalized spacial score (nSPS) is 9.85. The number of nitrogen functional groups attached to an aromatic ring is 1. The molecule has 1 aromatic heterocycles. The zero-order chi connectivity index (χ0) is 9.14.